The molecule has 0 spiro atoms. The minimum absolute atomic E-state index is 0.204. The van der Waals surface area contributed by atoms with Gasteiger partial charge in [-0.2, -0.15) is 0 Å². The van der Waals surface area contributed by atoms with Crippen molar-refractivity contribution in [3.05, 3.63) is 29.6 Å². The molecule has 0 aliphatic rings. The summed E-state index contributed by atoms with van der Waals surface area (Å²) in [6, 6.07) is 0.893. The van der Waals surface area contributed by atoms with Gasteiger partial charge in [-0.15, -0.1) is 0 Å². The fraction of sp³-hybridized carbons (Fsp3) is 0.333. The molecule has 14 heavy (non-hydrogen) atoms. The second-order valence-electron chi connectivity index (χ2n) is 2.54. The molecule has 3 nitrogen and oxygen atoms in total. The zero-order valence-corrected chi connectivity index (χ0v) is 7.59. The predicted molar refractivity (Wildman–Crippen MR) is 44.5 cm³/mol. The number of nitrogens with zero attached hydrogens (tertiary/aromatic N) is 1. The molecule has 1 heterocycles. The number of hydrogen-bond acceptors (Lipinski definition) is 3. The predicted octanol–water partition coefficient (Wildman–Crippen LogP) is 1.47. The van der Waals surface area contributed by atoms with Crippen LogP contribution in [-0.4, -0.2) is 17.6 Å². The highest BCUT2D eigenvalue weighted by Gasteiger charge is 2.13. The van der Waals surface area contributed by atoms with Gasteiger partial charge >= 0.3 is 5.97 Å². The summed E-state index contributed by atoms with van der Waals surface area (Å²) >= 11 is 0. The molecule has 0 radical (unpaired) electrons. The number of esters is 1. The van der Waals surface area contributed by atoms with Crippen LogP contribution in [0.5, 0.6) is 0 Å². The Morgan fingerprint density at radius 1 is 1.57 bits per heavy atom. The van der Waals surface area contributed by atoms with Crippen LogP contribution < -0.4 is 0 Å². The number of halogens is 2. The first-order chi connectivity index (χ1) is 6.65. The quantitative estimate of drug-likeness (QED) is 0.695. The molecule has 0 N–H and O–H groups in total. The number of ether oxygens (including phenoxy) is 1. The van der Waals surface area contributed by atoms with Crippen molar-refractivity contribution in [2.45, 2.75) is 13.3 Å². The topological polar surface area (TPSA) is 39.2 Å². The van der Waals surface area contributed by atoms with Gasteiger partial charge in [0.25, 0.3) is 0 Å². The number of hydrogen-bond donors (Lipinski definition) is 0. The Balaban J connectivity index is 2.76. The largest absolute Gasteiger partial charge is 0.466 e. The maximum Gasteiger partial charge on any atom is 0.311 e. The SMILES string of the molecule is CCOC(=O)Cc1nccc(F)c1F. The molecule has 0 fully saturated rings. The van der Waals surface area contributed by atoms with Gasteiger partial charge in [-0.3, -0.25) is 9.78 Å². The summed E-state index contributed by atoms with van der Waals surface area (Å²) in [5.74, 6) is -2.73. The van der Waals surface area contributed by atoms with Crippen LogP contribution in [0.2, 0.25) is 0 Å². The standard InChI is InChI=1S/C9H9F2NO2/c1-2-14-8(13)5-7-9(11)6(10)3-4-12-7/h3-4H,2,5H2,1H3. The van der Waals surface area contributed by atoms with Crippen molar-refractivity contribution in [2.75, 3.05) is 6.61 Å². The van der Waals surface area contributed by atoms with E-state index in [4.69, 9.17) is 0 Å². The molecule has 0 saturated heterocycles. The average molecular weight is 201 g/mol. The van der Waals surface area contributed by atoms with E-state index in [2.05, 4.69) is 9.72 Å². The van der Waals surface area contributed by atoms with Gasteiger partial charge in [0, 0.05) is 6.20 Å². The summed E-state index contributed by atoms with van der Waals surface area (Å²) in [5.41, 5.74) is -0.233. The highest BCUT2D eigenvalue weighted by Crippen LogP contribution is 2.09. The van der Waals surface area contributed by atoms with Gasteiger partial charge in [0.2, 0.25) is 0 Å². The summed E-state index contributed by atoms with van der Waals surface area (Å²) in [6.45, 7) is 1.84. The van der Waals surface area contributed by atoms with Gasteiger partial charge in [0.05, 0.1) is 18.7 Å². The molecule has 0 unspecified atom stereocenters. The van der Waals surface area contributed by atoms with Crippen LogP contribution in [0.3, 0.4) is 0 Å². The Morgan fingerprint density at radius 2 is 2.29 bits per heavy atom. The molecule has 0 aliphatic carbocycles. The lowest BCUT2D eigenvalue weighted by molar-refractivity contribution is -0.142. The van der Waals surface area contributed by atoms with Crippen LogP contribution in [0.4, 0.5) is 8.78 Å². The Bertz CT molecular complexity index is 342. The average Bonchev–Trinajstić information content (AvgIpc) is 2.13. The minimum Gasteiger partial charge on any atom is -0.466 e. The van der Waals surface area contributed by atoms with Crippen LogP contribution in [0, 0.1) is 11.6 Å². The van der Waals surface area contributed by atoms with Crippen molar-refractivity contribution in [3.63, 3.8) is 0 Å². The van der Waals surface area contributed by atoms with E-state index in [0.29, 0.717) is 0 Å². The van der Waals surface area contributed by atoms with Crippen LogP contribution in [-0.2, 0) is 16.0 Å². The highest BCUT2D eigenvalue weighted by molar-refractivity contribution is 5.71. The van der Waals surface area contributed by atoms with Crippen molar-refractivity contribution in [2.24, 2.45) is 0 Å². The number of carbonyl (C=O) groups excluding carboxylic acids is 1. The van der Waals surface area contributed by atoms with Gasteiger partial charge in [0.15, 0.2) is 11.6 Å². The monoisotopic (exact) mass is 201 g/mol. The van der Waals surface area contributed by atoms with Crippen molar-refractivity contribution >= 4 is 5.97 Å². The number of pyridine rings is 1. The molecular formula is C9H9F2NO2. The second-order valence-corrected chi connectivity index (χ2v) is 2.54. The molecule has 0 amide bonds. The van der Waals surface area contributed by atoms with Crippen molar-refractivity contribution < 1.29 is 18.3 Å². The summed E-state index contributed by atoms with van der Waals surface area (Å²) < 4.78 is 30.2. The second kappa shape index (κ2) is 4.64. The van der Waals surface area contributed by atoms with Gasteiger partial charge < -0.3 is 4.74 Å². The molecule has 1 rings (SSSR count). The lowest BCUT2D eigenvalue weighted by Gasteiger charge is -2.02. The van der Waals surface area contributed by atoms with Gasteiger partial charge in [-0.05, 0) is 13.0 Å². The fourth-order valence-electron chi connectivity index (χ4n) is 0.932. The fourth-order valence-corrected chi connectivity index (χ4v) is 0.932. The normalized spacial score (nSPS) is 9.93. The van der Waals surface area contributed by atoms with Crippen molar-refractivity contribution in [3.8, 4) is 0 Å². The Labute approximate surface area is 79.7 Å². The smallest absolute Gasteiger partial charge is 0.311 e. The zero-order valence-electron chi connectivity index (χ0n) is 7.59. The number of aromatic nitrogens is 1. The highest BCUT2D eigenvalue weighted by atomic mass is 19.2. The van der Waals surface area contributed by atoms with E-state index in [1.807, 2.05) is 0 Å². The Kier molecular flexibility index (Phi) is 3.50. The summed E-state index contributed by atoms with van der Waals surface area (Å²) in [5, 5.41) is 0. The maximum atomic E-state index is 13.0. The molecule has 5 heteroatoms. The van der Waals surface area contributed by atoms with E-state index in [9.17, 15) is 13.6 Å². The molecule has 1 aromatic heterocycles. The molecule has 0 aromatic carbocycles. The van der Waals surface area contributed by atoms with Crippen LogP contribution in [0.1, 0.15) is 12.6 Å². The molecule has 1 aromatic rings. The van der Waals surface area contributed by atoms with E-state index in [0.717, 1.165) is 12.3 Å². The third-order valence-corrected chi connectivity index (χ3v) is 1.53. The Hall–Kier alpha value is -1.52. The van der Waals surface area contributed by atoms with Crippen molar-refractivity contribution in [1.29, 1.82) is 0 Å². The summed E-state index contributed by atoms with van der Waals surface area (Å²) in [7, 11) is 0. The lowest BCUT2D eigenvalue weighted by Crippen LogP contribution is -2.10. The third kappa shape index (κ3) is 2.48. The van der Waals surface area contributed by atoms with E-state index in [1.165, 1.54) is 0 Å². The first-order valence-corrected chi connectivity index (χ1v) is 4.09. The van der Waals surface area contributed by atoms with E-state index in [1.54, 1.807) is 6.92 Å². The van der Waals surface area contributed by atoms with E-state index < -0.39 is 17.6 Å². The van der Waals surface area contributed by atoms with Gasteiger partial charge in [0.1, 0.15) is 0 Å². The molecule has 0 aliphatic heterocycles. The van der Waals surface area contributed by atoms with Crippen LogP contribution in [0.15, 0.2) is 12.3 Å². The Morgan fingerprint density at radius 3 is 2.93 bits per heavy atom. The van der Waals surface area contributed by atoms with Crippen molar-refractivity contribution in [1.82, 2.24) is 4.98 Å². The maximum absolute atomic E-state index is 13.0. The summed E-state index contributed by atoms with van der Waals surface area (Å²) in [4.78, 5) is 14.5. The van der Waals surface area contributed by atoms with E-state index in [-0.39, 0.29) is 18.7 Å². The molecule has 0 bridgehead atoms. The number of rotatable bonds is 3. The molecule has 76 valence electrons. The molecule has 0 saturated carbocycles. The van der Waals surface area contributed by atoms with Gasteiger partial charge in [-0.1, -0.05) is 0 Å². The van der Waals surface area contributed by atoms with Crippen LogP contribution >= 0.6 is 0 Å². The molecular weight excluding hydrogens is 192 g/mol. The minimum atomic E-state index is -1.10. The van der Waals surface area contributed by atoms with Gasteiger partial charge in [-0.25, -0.2) is 8.78 Å². The summed E-state index contributed by atoms with van der Waals surface area (Å²) in [6.07, 6.45) is 0.754. The first-order valence-electron chi connectivity index (χ1n) is 4.09. The number of carbonyl (C=O) groups is 1. The first kappa shape index (κ1) is 10.6. The third-order valence-electron chi connectivity index (χ3n) is 1.53. The van der Waals surface area contributed by atoms with Crippen LogP contribution in [0.25, 0.3) is 0 Å². The molecule has 0 atom stereocenters. The van der Waals surface area contributed by atoms with E-state index >= 15 is 0 Å². The lowest BCUT2D eigenvalue weighted by atomic mass is 10.2. The zero-order chi connectivity index (χ0) is 10.6.